The number of hydrogen-bond acceptors (Lipinski definition) is 3. The summed E-state index contributed by atoms with van der Waals surface area (Å²) in [5.74, 6) is 1.10. The van der Waals surface area contributed by atoms with E-state index in [2.05, 4.69) is 32.0 Å². The Hall–Kier alpha value is -0.670. The standard InChI is InChI=1S/C16H23NOS/c1-15(2)18-14-12(7-6-8-13(14)19-15)16(11-17)9-4-3-5-10-16/h6-8H,3-5,9-11,17H2,1-2H3. The Morgan fingerprint density at radius 2 is 1.95 bits per heavy atom. The van der Waals surface area contributed by atoms with Crippen LogP contribution in [0.1, 0.15) is 51.5 Å². The zero-order valence-corrected chi connectivity index (χ0v) is 12.7. The number of benzene rings is 1. The van der Waals surface area contributed by atoms with Crippen molar-refractivity contribution in [2.24, 2.45) is 5.73 Å². The summed E-state index contributed by atoms with van der Waals surface area (Å²) in [6.45, 7) is 5.01. The predicted octanol–water partition coefficient (Wildman–Crippen LogP) is 4.07. The molecule has 2 aliphatic rings. The lowest BCUT2D eigenvalue weighted by Gasteiger charge is -2.37. The van der Waals surface area contributed by atoms with Crippen LogP contribution < -0.4 is 10.5 Å². The van der Waals surface area contributed by atoms with Crippen LogP contribution in [-0.4, -0.2) is 11.5 Å². The van der Waals surface area contributed by atoms with Crippen molar-refractivity contribution in [2.75, 3.05) is 6.54 Å². The molecule has 3 rings (SSSR count). The molecule has 104 valence electrons. The molecule has 2 nitrogen and oxygen atoms in total. The van der Waals surface area contributed by atoms with Gasteiger partial charge in [-0.05, 0) is 32.8 Å². The van der Waals surface area contributed by atoms with Crippen molar-refractivity contribution in [3.05, 3.63) is 23.8 Å². The lowest BCUT2D eigenvalue weighted by Crippen LogP contribution is -2.37. The zero-order chi connectivity index (χ0) is 13.5. The third-order valence-corrected chi connectivity index (χ3v) is 5.57. The van der Waals surface area contributed by atoms with Gasteiger partial charge in [0, 0.05) is 17.5 Å². The number of ether oxygens (including phenoxy) is 1. The van der Waals surface area contributed by atoms with Gasteiger partial charge in [0.1, 0.15) is 5.75 Å². The fourth-order valence-electron chi connectivity index (χ4n) is 3.46. The highest BCUT2D eigenvalue weighted by Gasteiger charge is 2.40. The lowest BCUT2D eigenvalue weighted by molar-refractivity contribution is 0.202. The topological polar surface area (TPSA) is 35.2 Å². The molecule has 0 unspecified atom stereocenters. The maximum Gasteiger partial charge on any atom is 0.153 e. The molecule has 19 heavy (non-hydrogen) atoms. The van der Waals surface area contributed by atoms with Gasteiger partial charge in [-0.2, -0.15) is 0 Å². The molecule has 1 heterocycles. The summed E-state index contributed by atoms with van der Waals surface area (Å²) >= 11 is 1.82. The maximum atomic E-state index is 6.21. The first-order valence-corrected chi connectivity index (χ1v) is 8.10. The van der Waals surface area contributed by atoms with Gasteiger partial charge in [0.2, 0.25) is 0 Å². The van der Waals surface area contributed by atoms with Crippen molar-refractivity contribution in [1.29, 1.82) is 0 Å². The molecule has 0 amide bonds. The Bertz CT molecular complexity index is 478. The second-order valence-electron chi connectivity index (χ2n) is 6.28. The highest BCUT2D eigenvalue weighted by molar-refractivity contribution is 8.00. The van der Waals surface area contributed by atoms with E-state index in [-0.39, 0.29) is 10.3 Å². The highest BCUT2D eigenvalue weighted by Crippen LogP contribution is 2.53. The van der Waals surface area contributed by atoms with Crippen LogP contribution in [0.2, 0.25) is 0 Å². The molecule has 0 radical (unpaired) electrons. The van der Waals surface area contributed by atoms with Crippen LogP contribution in [0.3, 0.4) is 0 Å². The minimum absolute atomic E-state index is 0.143. The van der Waals surface area contributed by atoms with Crippen LogP contribution in [-0.2, 0) is 5.41 Å². The van der Waals surface area contributed by atoms with E-state index in [1.807, 2.05) is 11.8 Å². The van der Waals surface area contributed by atoms with Crippen molar-refractivity contribution in [3.8, 4) is 5.75 Å². The third kappa shape index (κ3) is 2.27. The summed E-state index contributed by atoms with van der Waals surface area (Å²) in [6.07, 6.45) is 6.33. The molecular formula is C16H23NOS. The van der Waals surface area contributed by atoms with E-state index in [9.17, 15) is 0 Å². The van der Waals surface area contributed by atoms with E-state index in [0.29, 0.717) is 0 Å². The summed E-state index contributed by atoms with van der Waals surface area (Å²) in [5, 5.41) is 0. The molecule has 1 saturated carbocycles. The number of thioether (sulfide) groups is 1. The summed E-state index contributed by atoms with van der Waals surface area (Å²) in [7, 11) is 0. The smallest absolute Gasteiger partial charge is 0.153 e. The van der Waals surface area contributed by atoms with Crippen molar-refractivity contribution in [1.82, 2.24) is 0 Å². The van der Waals surface area contributed by atoms with Crippen molar-refractivity contribution in [3.63, 3.8) is 0 Å². The SMILES string of the molecule is CC1(C)Oc2c(cccc2C2(CN)CCCCC2)S1. The number of hydrogen-bond donors (Lipinski definition) is 1. The Morgan fingerprint density at radius 1 is 1.21 bits per heavy atom. The second kappa shape index (κ2) is 4.71. The summed E-state index contributed by atoms with van der Waals surface area (Å²) in [4.78, 5) is 1.13. The van der Waals surface area contributed by atoms with Crippen molar-refractivity contribution < 1.29 is 4.74 Å². The van der Waals surface area contributed by atoms with Crippen LogP contribution in [0.4, 0.5) is 0 Å². The maximum absolute atomic E-state index is 6.21. The van der Waals surface area contributed by atoms with E-state index in [0.717, 1.165) is 12.3 Å². The Kier molecular flexibility index (Phi) is 3.30. The molecule has 0 aromatic heterocycles. The van der Waals surface area contributed by atoms with Gasteiger partial charge in [-0.3, -0.25) is 0 Å². The number of nitrogens with two attached hydrogens (primary N) is 1. The molecular weight excluding hydrogens is 254 g/mol. The average Bonchev–Trinajstić information content (AvgIpc) is 2.73. The quantitative estimate of drug-likeness (QED) is 0.885. The molecule has 2 N–H and O–H groups in total. The van der Waals surface area contributed by atoms with Gasteiger partial charge in [-0.25, -0.2) is 0 Å². The van der Waals surface area contributed by atoms with Crippen molar-refractivity contribution in [2.45, 2.75) is 61.2 Å². The molecule has 3 heteroatoms. The van der Waals surface area contributed by atoms with E-state index < -0.39 is 0 Å². The molecule has 1 aliphatic heterocycles. The van der Waals surface area contributed by atoms with Gasteiger partial charge >= 0.3 is 0 Å². The van der Waals surface area contributed by atoms with E-state index in [1.165, 1.54) is 42.6 Å². The van der Waals surface area contributed by atoms with Gasteiger partial charge in [-0.15, -0.1) is 0 Å². The number of fused-ring (bicyclic) bond motifs is 1. The third-order valence-electron chi connectivity index (χ3n) is 4.46. The normalized spacial score (nSPS) is 23.7. The minimum Gasteiger partial charge on any atom is -0.475 e. The van der Waals surface area contributed by atoms with E-state index in [1.54, 1.807) is 0 Å². The van der Waals surface area contributed by atoms with E-state index in [4.69, 9.17) is 10.5 Å². The monoisotopic (exact) mass is 277 g/mol. The van der Waals surface area contributed by atoms with E-state index >= 15 is 0 Å². The van der Waals surface area contributed by atoms with Gasteiger partial charge in [-0.1, -0.05) is 43.2 Å². The van der Waals surface area contributed by atoms with Crippen LogP contribution >= 0.6 is 11.8 Å². The minimum atomic E-state index is -0.150. The summed E-state index contributed by atoms with van der Waals surface area (Å²) < 4.78 is 6.21. The molecule has 0 bridgehead atoms. The van der Waals surface area contributed by atoms with Crippen LogP contribution in [0.25, 0.3) is 0 Å². The van der Waals surface area contributed by atoms with Gasteiger partial charge in [0.05, 0.1) is 4.90 Å². The van der Waals surface area contributed by atoms with Gasteiger partial charge in [0.25, 0.3) is 0 Å². The van der Waals surface area contributed by atoms with Gasteiger partial charge < -0.3 is 10.5 Å². The molecule has 1 aliphatic carbocycles. The Balaban J connectivity index is 2.04. The Morgan fingerprint density at radius 3 is 2.63 bits per heavy atom. The molecule has 0 atom stereocenters. The molecule has 1 aromatic carbocycles. The fourth-order valence-corrected chi connectivity index (χ4v) is 4.51. The zero-order valence-electron chi connectivity index (χ0n) is 11.9. The summed E-state index contributed by atoms with van der Waals surface area (Å²) in [6, 6.07) is 6.57. The predicted molar refractivity (Wildman–Crippen MR) is 80.8 cm³/mol. The fraction of sp³-hybridized carbons (Fsp3) is 0.625. The first kappa shape index (κ1) is 13.3. The summed E-state index contributed by atoms with van der Waals surface area (Å²) in [5.41, 5.74) is 7.67. The first-order valence-electron chi connectivity index (χ1n) is 7.28. The van der Waals surface area contributed by atoms with Gasteiger partial charge in [0.15, 0.2) is 4.93 Å². The number of rotatable bonds is 2. The molecule has 0 spiro atoms. The second-order valence-corrected chi connectivity index (χ2v) is 7.91. The molecule has 0 saturated heterocycles. The molecule has 1 fully saturated rings. The number of para-hydroxylation sites is 1. The average molecular weight is 277 g/mol. The first-order chi connectivity index (χ1) is 9.06. The van der Waals surface area contributed by atoms with Crippen LogP contribution in [0, 0.1) is 0 Å². The van der Waals surface area contributed by atoms with Crippen molar-refractivity contribution >= 4 is 11.8 Å². The highest BCUT2D eigenvalue weighted by atomic mass is 32.2. The van der Waals surface area contributed by atoms with Crippen LogP contribution in [0.15, 0.2) is 23.1 Å². The lowest BCUT2D eigenvalue weighted by atomic mass is 9.69. The molecule has 1 aromatic rings. The van der Waals surface area contributed by atoms with Crippen LogP contribution in [0.5, 0.6) is 5.75 Å². The Labute approximate surface area is 120 Å². The largest absolute Gasteiger partial charge is 0.475 e.